The molecular formula is C25H26N2O4. The molecule has 1 aliphatic rings. The van der Waals surface area contributed by atoms with E-state index in [1.54, 1.807) is 6.07 Å². The van der Waals surface area contributed by atoms with Crippen LogP contribution in [0.4, 0.5) is 0 Å². The van der Waals surface area contributed by atoms with Crippen molar-refractivity contribution in [2.24, 2.45) is 0 Å². The summed E-state index contributed by atoms with van der Waals surface area (Å²) in [6.07, 6.45) is 0.833. The molecule has 6 heteroatoms. The number of hydrogen-bond acceptors (Lipinski definition) is 5. The van der Waals surface area contributed by atoms with E-state index in [-0.39, 0.29) is 17.9 Å². The lowest BCUT2D eigenvalue weighted by atomic mass is 9.96. The maximum Gasteiger partial charge on any atom is 0.337 e. The highest BCUT2D eigenvalue weighted by atomic mass is 16.5. The van der Waals surface area contributed by atoms with E-state index in [4.69, 9.17) is 9.47 Å². The summed E-state index contributed by atoms with van der Waals surface area (Å²) in [6.45, 7) is 2.88. The van der Waals surface area contributed by atoms with Crippen molar-refractivity contribution in [1.82, 2.24) is 10.6 Å². The van der Waals surface area contributed by atoms with E-state index in [0.29, 0.717) is 24.3 Å². The van der Waals surface area contributed by atoms with Crippen molar-refractivity contribution in [2.75, 3.05) is 33.4 Å². The van der Waals surface area contributed by atoms with Crippen molar-refractivity contribution >= 4 is 22.6 Å². The quantitative estimate of drug-likeness (QED) is 0.600. The number of ether oxygens (including phenoxy) is 2. The third-order valence-electron chi connectivity index (χ3n) is 5.51. The minimum atomic E-state index is -0.365. The van der Waals surface area contributed by atoms with E-state index in [2.05, 4.69) is 10.6 Å². The van der Waals surface area contributed by atoms with Crippen molar-refractivity contribution in [3.63, 3.8) is 0 Å². The zero-order valence-electron chi connectivity index (χ0n) is 17.5. The van der Waals surface area contributed by atoms with Crippen LogP contribution in [0.2, 0.25) is 0 Å². The van der Waals surface area contributed by atoms with Crippen LogP contribution >= 0.6 is 0 Å². The fourth-order valence-corrected chi connectivity index (χ4v) is 3.88. The summed E-state index contributed by atoms with van der Waals surface area (Å²) in [6, 6.07) is 19.3. The molecule has 0 spiro atoms. The van der Waals surface area contributed by atoms with E-state index in [1.165, 1.54) is 7.11 Å². The van der Waals surface area contributed by atoms with Gasteiger partial charge < -0.3 is 20.1 Å². The van der Waals surface area contributed by atoms with Crippen LogP contribution in [-0.2, 0) is 9.47 Å². The minimum absolute atomic E-state index is 0.0864. The lowest BCUT2D eigenvalue weighted by Gasteiger charge is -2.23. The van der Waals surface area contributed by atoms with Gasteiger partial charge >= 0.3 is 5.97 Å². The van der Waals surface area contributed by atoms with Gasteiger partial charge in [-0.3, -0.25) is 4.79 Å². The standard InChI is InChI=1S/C25H26N2O4/c1-30-25(29)20-6-2-4-18(15-20)22-7-3-5-17-14-19(8-9-23(17)22)24(28)27-11-10-21-16-31-13-12-26-21/h2-9,14-15,21,26H,10-13,16H2,1H3,(H,27,28). The third kappa shape index (κ3) is 4.93. The van der Waals surface area contributed by atoms with E-state index < -0.39 is 0 Å². The maximum atomic E-state index is 12.6. The van der Waals surface area contributed by atoms with E-state index in [9.17, 15) is 9.59 Å². The summed E-state index contributed by atoms with van der Waals surface area (Å²) < 4.78 is 10.3. The third-order valence-corrected chi connectivity index (χ3v) is 5.51. The molecular weight excluding hydrogens is 392 g/mol. The van der Waals surface area contributed by atoms with Crippen LogP contribution in [0.15, 0.2) is 60.7 Å². The molecule has 6 nitrogen and oxygen atoms in total. The highest BCUT2D eigenvalue weighted by Crippen LogP contribution is 2.30. The Morgan fingerprint density at radius 2 is 1.97 bits per heavy atom. The first-order chi connectivity index (χ1) is 15.2. The average molecular weight is 418 g/mol. The first kappa shape index (κ1) is 21.0. The summed E-state index contributed by atoms with van der Waals surface area (Å²) in [7, 11) is 1.37. The van der Waals surface area contributed by atoms with Crippen molar-refractivity contribution in [1.29, 1.82) is 0 Å². The number of carbonyl (C=O) groups excluding carboxylic acids is 2. The van der Waals surface area contributed by atoms with Crippen LogP contribution in [0.3, 0.4) is 0 Å². The van der Waals surface area contributed by atoms with Gasteiger partial charge in [0.15, 0.2) is 0 Å². The van der Waals surface area contributed by atoms with Gasteiger partial charge in [-0.2, -0.15) is 0 Å². The van der Waals surface area contributed by atoms with Gasteiger partial charge in [0.2, 0.25) is 0 Å². The SMILES string of the molecule is COC(=O)c1cccc(-c2cccc3cc(C(=O)NCCC4COCCN4)ccc23)c1. The second-order valence-electron chi connectivity index (χ2n) is 7.58. The molecule has 160 valence electrons. The van der Waals surface area contributed by atoms with Crippen molar-refractivity contribution in [3.8, 4) is 11.1 Å². The molecule has 3 aromatic rings. The number of esters is 1. The average Bonchev–Trinajstić information content (AvgIpc) is 2.83. The van der Waals surface area contributed by atoms with Crippen LogP contribution in [0.1, 0.15) is 27.1 Å². The molecule has 1 unspecified atom stereocenters. The molecule has 0 saturated carbocycles. The summed E-state index contributed by atoms with van der Waals surface area (Å²) in [4.78, 5) is 24.5. The Kier molecular flexibility index (Phi) is 6.60. The smallest absolute Gasteiger partial charge is 0.337 e. The second-order valence-corrected chi connectivity index (χ2v) is 7.58. The van der Waals surface area contributed by atoms with Gasteiger partial charge in [-0.05, 0) is 52.6 Å². The maximum absolute atomic E-state index is 12.6. The van der Waals surface area contributed by atoms with Crippen LogP contribution in [-0.4, -0.2) is 51.3 Å². The number of amides is 1. The predicted octanol–water partition coefficient (Wildman–Crippen LogP) is 3.40. The number of benzene rings is 3. The Morgan fingerprint density at radius 3 is 2.77 bits per heavy atom. The summed E-state index contributed by atoms with van der Waals surface area (Å²) in [5, 5.41) is 8.37. The highest BCUT2D eigenvalue weighted by Gasteiger charge is 2.14. The minimum Gasteiger partial charge on any atom is -0.465 e. The normalized spacial score (nSPS) is 16.1. The monoisotopic (exact) mass is 418 g/mol. The number of morpholine rings is 1. The molecule has 0 radical (unpaired) electrons. The largest absolute Gasteiger partial charge is 0.465 e. The van der Waals surface area contributed by atoms with E-state index in [1.807, 2.05) is 54.6 Å². The number of nitrogens with one attached hydrogen (secondary N) is 2. The summed E-state index contributed by atoms with van der Waals surface area (Å²) in [5.41, 5.74) is 3.05. The zero-order chi connectivity index (χ0) is 21.6. The Bertz CT molecular complexity index is 1090. The first-order valence-corrected chi connectivity index (χ1v) is 10.5. The molecule has 31 heavy (non-hydrogen) atoms. The number of methoxy groups -OCH3 is 1. The molecule has 1 atom stereocenters. The number of carbonyl (C=O) groups is 2. The second kappa shape index (κ2) is 9.73. The molecule has 4 rings (SSSR count). The molecule has 0 aliphatic carbocycles. The van der Waals surface area contributed by atoms with E-state index in [0.717, 1.165) is 41.5 Å². The fraction of sp³-hybridized carbons (Fsp3) is 0.280. The van der Waals surface area contributed by atoms with Crippen molar-refractivity contribution in [2.45, 2.75) is 12.5 Å². The van der Waals surface area contributed by atoms with Gasteiger partial charge in [0.05, 0.1) is 25.9 Å². The van der Waals surface area contributed by atoms with Gasteiger partial charge in [0, 0.05) is 24.7 Å². The topological polar surface area (TPSA) is 76.7 Å². The fourth-order valence-electron chi connectivity index (χ4n) is 3.88. The highest BCUT2D eigenvalue weighted by molar-refractivity contribution is 6.03. The Morgan fingerprint density at radius 1 is 1.10 bits per heavy atom. The summed E-state index contributed by atoms with van der Waals surface area (Å²) in [5.74, 6) is -0.451. The molecule has 1 fully saturated rings. The summed E-state index contributed by atoms with van der Waals surface area (Å²) >= 11 is 0. The lowest BCUT2D eigenvalue weighted by molar-refractivity contribution is 0.0600. The van der Waals surface area contributed by atoms with Gasteiger partial charge in [-0.15, -0.1) is 0 Å². The van der Waals surface area contributed by atoms with Crippen LogP contribution in [0, 0.1) is 0 Å². The molecule has 1 amide bonds. The Labute approximate surface area is 181 Å². The molecule has 1 aliphatic heterocycles. The number of rotatable bonds is 6. The molecule has 0 bridgehead atoms. The van der Waals surface area contributed by atoms with Crippen LogP contribution in [0.25, 0.3) is 21.9 Å². The van der Waals surface area contributed by atoms with Crippen LogP contribution in [0.5, 0.6) is 0 Å². The zero-order valence-corrected chi connectivity index (χ0v) is 17.5. The first-order valence-electron chi connectivity index (χ1n) is 10.5. The number of fused-ring (bicyclic) bond motifs is 1. The molecule has 1 heterocycles. The molecule has 1 saturated heterocycles. The Hall–Kier alpha value is -3.22. The molecule has 0 aromatic heterocycles. The number of hydrogen-bond donors (Lipinski definition) is 2. The van der Waals surface area contributed by atoms with Crippen molar-refractivity contribution in [3.05, 3.63) is 71.8 Å². The predicted molar refractivity (Wildman–Crippen MR) is 120 cm³/mol. The van der Waals surface area contributed by atoms with Gasteiger partial charge in [-0.1, -0.05) is 36.4 Å². The lowest BCUT2D eigenvalue weighted by Crippen LogP contribution is -2.43. The van der Waals surface area contributed by atoms with Gasteiger partial charge in [0.25, 0.3) is 5.91 Å². The van der Waals surface area contributed by atoms with Crippen molar-refractivity contribution < 1.29 is 19.1 Å². The molecule has 2 N–H and O–H groups in total. The molecule has 3 aromatic carbocycles. The van der Waals surface area contributed by atoms with Gasteiger partial charge in [-0.25, -0.2) is 4.79 Å². The van der Waals surface area contributed by atoms with Gasteiger partial charge in [0.1, 0.15) is 0 Å². The Balaban J connectivity index is 1.51. The van der Waals surface area contributed by atoms with Crippen LogP contribution < -0.4 is 10.6 Å². The van der Waals surface area contributed by atoms with E-state index >= 15 is 0 Å².